The van der Waals surface area contributed by atoms with E-state index in [0.717, 1.165) is 31.5 Å². The topological polar surface area (TPSA) is 66.6 Å². The minimum absolute atomic E-state index is 0.0405. The van der Waals surface area contributed by atoms with Gasteiger partial charge in [-0.1, -0.05) is 12.1 Å². The van der Waals surface area contributed by atoms with Crippen molar-refractivity contribution in [3.05, 3.63) is 59.9 Å². The van der Waals surface area contributed by atoms with Crippen molar-refractivity contribution in [2.45, 2.75) is 30.3 Å². The number of piperidine rings is 1. The molecule has 26 heavy (non-hydrogen) atoms. The molecule has 2 aromatic rings. The number of likely N-dealkylation sites (tertiary alicyclic amines) is 1. The Morgan fingerprint density at radius 3 is 2.42 bits per heavy atom. The monoisotopic (exact) mass is 377 g/mol. The average molecular weight is 377 g/mol. The van der Waals surface area contributed by atoms with Gasteiger partial charge in [-0.15, -0.1) is 0 Å². The number of nitrogens with zero attached hydrogens (tertiary/aromatic N) is 2. The summed E-state index contributed by atoms with van der Waals surface area (Å²) in [4.78, 5) is 2.49. The Bertz CT molecular complexity index is 847. The van der Waals surface area contributed by atoms with Crippen molar-refractivity contribution >= 4 is 15.7 Å². The van der Waals surface area contributed by atoms with E-state index >= 15 is 0 Å². The second-order valence-electron chi connectivity index (χ2n) is 6.73. The van der Waals surface area contributed by atoms with Crippen LogP contribution in [0, 0.1) is 5.82 Å². The third-order valence-corrected chi connectivity index (χ3v) is 6.85. The third-order valence-electron chi connectivity index (χ3n) is 4.92. The molecule has 1 aliphatic heterocycles. The number of anilines is 1. The maximum absolute atomic E-state index is 13.3. The Labute approximate surface area is 154 Å². The lowest BCUT2D eigenvalue weighted by Crippen LogP contribution is -2.45. The van der Waals surface area contributed by atoms with Crippen LogP contribution in [0.25, 0.3) is 0 Å². The van der Waals surface area contributed by atoms with E-state index in [1.54, 1.807) is 43.4 Å². The van der Waals surface area contributed by atoms with Gasteiger partial charge in [-0.25, -0.2) is 12.8 Å². The minimum atomic E-state index is -3.53. The van der Waals surface area contributed by atoms with E-state index in [9.17, 15) is 12.8 Å². The lowest BCUT2D eigenvalue weighted by molar-refractivity contribution is 0.163. The maximum Gasteiger partial charge on any atom is 0.243 e. The molecule has 0 spiro atoms. The van der Waals surface area contributed by atoms with Crippen LogP contribution in [0.1, 0.15) is 18.4 Å². The van der Waals surface area contributed by atoms with Crippen LogP contribution in [-0.4, -0.2) is 43.8 Å². The van der Waals surface area contributed by atoms with Crippen molar-refractivity contribution in [2.75, 3.05) is 25.9 Å². The highest BCUT2D eigenvalue weighted by Crippen LogP contribution is 2.24. The Balaban J connectivity index is 1.61. The summed E-state index contributed by atoms with van der Waals surface area (Å²) in [7, 11) is -1.89. The molecule has 140 valence electrons. The number of hydrogen-bond donors (Lipinski definition) is 1. The van der Waals surface area contributed by atoms with E-state index in [4.69, 9.17) is 5.73 Å². The number of nitrogens with two attached hydrogens (primary N) is 1. The van der Waals surface area contributed by atoms with Gasteiger partial charge in [0.1, 0.15) is 5.82 Å². The molecular formula is C19H24FN3O2S. The molecule has 0 atom stereocenters. The van der Waals surface area contributed by atoms with Crippen LogP contribution >= 0.6 is 0 Å². The van der Waals surface area contributed by atoms with Crippen molar-refractivity contribution in [3.8, 4) is 0 Å². The zero-order valence-corrected chi connectivity index (χ0v) is 15.6. The molecule has 5 nitrogen and oxygen atoms in total. The van der Waals surface area contributed by atoms with Crippen molar-refractivity contribution < 1.29 is 12.8 Å². The van der Waals surface area contributed by atoms with Gasteiger partial charge in [0.25, 0.3) is 0 Å². The third kappa shape index (κ3) is 4.23. The van der Waals surface area contributed by atoms with Crippen LogP contribution in [0.3, 0.4) is 0 Å². The number of benzene rings is 2. The number of halogens is 1. The molecule has 7 heteroatoms. The zero-order valence-electron chi connectivity index (χ0n) is 14.8. The quantitative estimate of drug-likeness (QED) is 0.814. The summed E-state index contributed by atoms with van der Waals surface area (Å²) in [6, 6.07) is 12.8. The first-order valence-electron chi connectivity index (χ1n) is 8.66. The average Bonchev–Trinajstić information content (AvgIpc) is 2.62. The normalized spacial score (nSPS) is 16.9. The Morgan fingerprint density at radius 2 is 1.81 bits per heavy atom. The van der Waals surface area contributed by atoms with Gasteiger partial charge < -0.3 is 5.73 Å². The van der Waals surface area contributed by atoms with Gasteiger partial charge in [-0.2, -0.15) is 4.31 Å². The molecule has 3 rings (SSSR count). The molecule has 0 amide bonds. The number of hydrogen-bond acceptors (Lipinski definition) is 4. The second-order valence-corrected chi connectivity index (χ2v) is 8.73. The molecule has 2 aromatic carbocycles. The molecule has 1 saturated heterocycles. The van der Waals surface area contributed by atoms with Crippen molar-refractivity contribution in [1.29, 1.82) is 0 Å². The van der Waals surface area contributed by atoms with Gasteiger partial charge in [0, 0.05) is 38.4 Å². The fourth-order valence-corrected chi connectivity index (χ4v) is 4.75. The van der Waals surface area contributed by atoms with Crippen LogP contribution < -0.4 is 5.73 Å². The SMILES string of the molecule is CN(C1CCN(Cc2cccc(F)c2)CC1)S(=O)(=O)c1ccc(N)cc1. The van der Waals surface area contributed by atoms with Gasteiger partial charge in [0.2, 0.25) is 10.0 Å². The fourth-order valence-electron chi connectivity index (χ4n) is 3.34. The largest absolute Gasteiger partial charge is 0.399 e. The number of nitrogen functional groups attached to an aromatic ring is 1. The van der Waals surface area contributed by atoms with Crippen molar-refractivity contribution in [3.63, 3.8) is 0 Å². The molecule has 1 heterocycles. The van der Waals surface area contributed by atoms with E-state index in [2.05, 4.69) is 4.90 Å². The van der Waals surface area contributed by atoms with Crippen LogP contribution in [0.5, 0.6) is 0 Å². The smallest absolute Gasteiger partial charge is 0.243 e. The summed E-state index contributed by atoms with van der Waals surface area (Å²) in [5, 5.41) is 0. The van der Waals surface area contributed by atoms with Crippen LogP contribution in [0.15, 0.2) is 53.4 Å². The molecular weight excluding hydrogens is 353 g/mol. The second kappa shape index (κ2) is 7.73. The Morgan fingerprint density at radius 1 is 1.15 bits per heavy atom. The zero-order chi connectivity index (χ0) is 18.7. The van der Waals surface area contributed by atoms with Gasteiger partial charge in [0.05, 0.1) is 4.90 Å². The fraction of sp³-hybridized carbons (Fsp3) is 0.368. The first-order valence-corrected chi connectivity index (χ1v) is 10.1. The standard InChI is InChI=1S/C19H24FN3O2S/c1-22(26(24,25)19-7-5-17(21)6-8-19)18-9-11-23(12-10-18)14-15-3-2-4-16(20)13-15/h2-8,13,18H,9-12,14,21H2,1H3. The molecule has 2 N–H and O–H groups in total. The number of sulfonamides is 1. The highest BCUT2D eigenvalue weighted by Gasteiger charge is 2.30. The van der Waals surface area contributed by atoms with Crippen LogP contribution in [0.4, 0.5) is 10.1 Å². The van der Waals surface area contributed by atoms with E-state index < -0.39 is 10.0 Å². The molecule has 0 bridgehead atoms. The summed E-state index contributed by atoms with van der Waals surface area (Å²) in [6.45, 7) is 2.24. The summed E-state index contributed by atoms with van der Waals surface area (Å²) in [5.41, 5.74) is 7.11. The molecule has 1 aliphatic rings. The van der Waals surface area contributed by atoms with E-state index in [0.29, 0.717) is 12.2 Å². The molecule has 0 radical (unpaired) electrons. The van der Waals surface area contributed by atoms with E-state index in [1.807, 2.05) is 6.07 Å². The van der Waals surface area contributed by atoms with Crippen LogP contribution in [-0.2, 0) is 16.6 Å². The molecule has 0 unspecified atom stereocenters. The predicted molar refractivity (Wildman–Crippen MR) is 101 cm³/mol. The van der Waals surface area contributed by atoms with Crippen LogP contribution in [0.2, 0.25) is 0 Å². The highest BCUT2D eigenvalue weighted by molar-refractivity contribution is 7.89. The van der Waals surface area contributed by atoms with Gasteiger partial charge >= 0.3 is 0 Å². The van der Waals surface area contributed by atoms with E-state index in [1.165, 1.54) is 10.4 Å². The molecule has 1 fully saturated rings. The summed E-state index contributed by atoms with van der Waals surface area (Å²) >= 11 is 0. The highest BCUT2D eigenvalue weighted by atomic mass is 32.2. The maximum atomic E-state index is 13.3. The number of rotatable bonds is 5. The van der Waals surface area contributed by atoms with Crippen molar-refractivity contribution in [1.82, 2.24) is 9.21 Å². The molecule has 0 saturated carbocycles. The lowest BCUT2D eigenvalue weighted by Gasteiger charge is -2.36. The first kappa shape index (κ1) is 18.8. The summed E-state index contributed by atoms with van der Waals surface area (Å²) in [6.07, 6.45) is 1.50. The van der Waals surface area contributed by atoms with Gasteiger partial charge in [-0.05, 0) is 54.8 Å². The summed E-state index contributed by atoms with van der Waals surface area (Å²) < 4.78 is 40.3. The van der Waals surface area contributed by atoms with E-state index in [-0.39, 0.29) is 16.8 Å². The first-order chi connectivity index (χ1) is 12.4. The lowest BCUT2D eigenvalue weighted by atomic mass is 10.0. The van der Waals surface area contributed by atoms with Gasteiger partial charge in [0.15, 0.2) is 0 Å². The minimum Gasteiger partial charge on any atom is -0.399 e. The van der Waals surface area contributed by atoms with Gasteiger partial charge in [-0.3, -0.25) is 4.90 Å². The Kier molecular flexibility index (Phi) is 5.60. The predicted octanol–water partition coefficient (Wildman–Crippen LogP) is 2.69. The molecule has 0 aromatic heterocycles. The summed E-state index contributed by atoms with van der Waals surface area (Å²) in [5.74, 6) is -0.230. The molecule has 0 aliphatic carbocycles. The Hall–Kier alpha value is -1.96. The van der Waals surface area contributed by atoms with Crippen molar-refractivity contribution in [2.24, 2.45) is 0 Å².